The first kappa shape index (κ1) is 28.8. The number of nitriles is 1. The average molecular weight is 567 g/mol. The van der Waals surface area contributed by atoms with Gasteiger partial charge in [0.05, 0.1) is 23.3 Å². The predicted octanol–water partition coefficient (Wildman–Crippen LogP) is 4.96. The number of hydrogen-bond acceptors (Lipinski definition) is 7. The molecule has 0 spiro atoms. The molecule has 1 aromatic heterocycles. The topological polar surface area (TPSA) is 122 Å². The van der Waals surface area contributed by atoms with E-state index < -0.39 is 0 Å². The van der Waals surface area contributed by atoms with Crippen LogP contribution in [0.4, 0.5) is 0 Å². The molecule has 2 fully saturated rings. The Morgan fingerprint density at radius 1 is 0.810 bits per heavy atom. The van der Waals surface area contributed by atoms with Crippen molar-refractivity contribution in [1.29, 1.82) is 5.26 Å². The molecule has 5 rings (SSSR count). The predicted molar refractivity (Wildman–Crippen MR) is 156 cm³/mol. The van der Waals surface area contributed by atoms with Crippen LogP contribution < -0.4 is 14.8 Å². The highest BCUT2D eigenvalue weighted by molar-refractivity contribution is 5.96. The van der Waals surface area contributed by atoms with Gasteiger partial charge in [0.2, 0.25) is 0 Å². The number of piperidine rings is 1. The van der Waals surface area contributed by atoms with Gasteiger partial charge in [-0.05, 0) is 93.3 Å². The summed E-state index contributed by atoms with van der Waals surface area (Å²) in [5.74, 6) is 1.11. The summed E-state index contributed by atoms with van der Waals surface area (Å²) in [6.07, 6.45) is 6.18. The molecule has 2 heterocycles. The number of amides is 2. The lowest BCUT2D eigenvalue weighted by molar-refractivity contribution is 0.0589. The number of ether oxygens (including phenoxy) is 2. The fourth-order valence-corrected chi connectivity index (χ4v) is 5.35. The van der Waals surface area contributed by atoms with Gasteiger partial charge in [0.1, 0.15) is 23.3 Å². The quantitative estimate of drug-likeness (QED) is 0.383. The minimum atomic E-state index is -0.202. The summed E-state index contributed by atoms with van der Waals surface area (Å²) in [5, 5.41) is 12.0. The van der Waals surface area contributed by atoms with E-state index >= 15 is 0 Å². The van der Waals surface area contributed by atoms with Crippen molar-refractivity contribution in [3.63, 3.8) is 0 Å². The van der Waals surface area contributed by atoms with Crippen LogP contribution in [0.5, 0.6) is 11.5 Å². The van der Waals surface area contributed by atoms with Gasteiger partial charge in [-0.1, -0.05) is 0 Å². The third-order valence-electron chi connectivity index (χ3n) is 7.83. The first-order valence-corrected chi connectivity index (χ1v) is 14.4. The summed E-state index contributed by atoms with van der Waals surface area (Å²) < 4.78 is 12.1. The van der Waals surface area contributed by atoms with E-state index in [0.717, 1.165) is 31.4 Å². The molecule has 1 saturated heterocycles. The maximum Gasteiger partial charge on any atom is 0.272 e. The zero-order chi connectivity index (χ0) is 29.5. The van der Waals surface area contributed by atoms with Gasteiger partial charge in [-0.15, -0.1) is 0 Å². The van der Waals surface area contributed by atoms with E-state index in [1.54, 1.807) is 53.4 Å². The Morgan fingerprint density at radius 2 is 1.38 bits per heavy atom. The highest BCUT2D eigenvalue weighted by atomic mass is 16.5. The van der Waals surface area contributed by atoms with Crippen LogP contribution in [0, 0.1) is 11.3 Å². The summed E-state index contributed by atoms with van der Waals surface area (Å²) in [4.78, 5) is 43.4. The molecule has 2 aliphatic rings. The van der Waals surface area contributed by atoms with Crippen LogP contribution in [0.3, 0.4) is 0 Å². The van der Waals surface area contributed by atoms with Crippen LogP contribution in [0.25, 0.3) is 0 Å². The van der Waals surface area contributed by atoms with Crippen molar-refractivity contribution in [2.24, 2.45) is 0 Å². The average Bonchev–Trinajstić information content (AvgIpc) is 3.03. The second-order valence-electron chi connectivity index (χ2n) is 10.8. The second-order valence-corrected chi connectivity index (χ2v) is 10.8. The van der Waals surface area contributed by atoms with Gasteiger partial charge in [-0.2, -0.15) is 5.26 Å². The minimum Gasteiger partial charge on any atom is -0.490 e. The number of pyridine rings is 1. The van der Waals surface area contributed by atoms with E-state index in [4.69, 9.17) is 14.7 Å². The summed E-state index contributed by atoms with van der Waals surface area (Å²) in [7, 11) is 0. The number of benzene rings is 2. The summed E-state index contributed by atoms with van der Waals surface area (Å²) >= 11 is 0. The standard InChI is InChI=1S/C33H34N4O5/c1-22(38)24-4-11-28(12-5-24)42-30-16-18-37(19-17-30)33(40)31-15-6-25(21-35-31)32(39)36-26-7-13-29(14-8-26)41-27-9-2-23(20-34)3-10-27/h2-6,9-12,15,21,26,29-30H,7-8,13-14,16-19H2,1H3,(H,36,39). The highest BCUT2D eigenvalue weighted by Gasteiger charge is 2.27. The molecule has 2 aromatic carbocycles. The highest BCUT2D eigenvalue weighted by Crippen LogP contribution is 2.25. The Labute approximate surface area is 245 Å². The lowest BCUT2D eigenvalue weighted by atomic mass is 9.92. The SMILES string of the molecule is CC(=O)c1ccc(OC2CCN(C(=O)c3ccc(C(=O)NC4CCC(Oc5ccc(C#N)cc5)CC4)cn3)CC2)cc1. The fraction of sp³-hybridized carbons (Fsp3) is 0.364. The van der Waals surface area contributed by atoms with E-state index in [-0.39, 0.29) is 35.8 Å². The molecule has 1 saturated carbocycles. The molecule has 3 aromatic rings. The van der Waals surface area contributed by atoms with Crippen molar-refractivity contribution >= 4 is 17.6 Å². The maximum atomic E-state index is 13.0. The normalized spacial score (nSPS) is 18.9. The van der Waals surface area contributed by atoms with Gasteiger partial charge in [0, 0.05) is 43.7 Å². The van der Waals surface area contributed by atoms with Crippen molar-refractivity contribution in [3.05, 3.63) is 89.2 Å². The number of Topliss-reactive ketones (excluding diaryl/α,β-unsaturated/α-hetero) is 1. The van der Waals surface area contributed by atoms with Crippen molar-refractivity contribution in [2.45, 2.75) is 63.7 Å². The Bertz CT molecular complexity index is 1430. The van der Waals surface area contributed by atoms with Crippen LogP contribution >= 0.6 is 0 Å². The van der Waals surface area contributed by atoms with Crippen LogP contribution in [0.2, 0.25) is 0 Å². The molecule has 1 N–H and O–H groups in total. The molecule has 0 radical (unpaired) electrons. The molecule has 9 nitrogen and oxygen atoms in total. The molecule has 2 amide bonds. The number of aromatic nitrogens is 1. The molecule has 42 heavy (non-hydrogen) atoms. The number of likely N-dealkylation sites (tertiary alicyclic amines) is 1. The fourth-order valence-electron chi connectivity index (χ4n) is 5.35. The van der Waals surface area contributed by atoms with E-state index in [2.05, 4.69) is 16.4 Å². The Hall–Kier alpha value is -4.71. The van der Waals surface area contributed by atoms with Gasteiger partial charge in [-0.3, -0.25) is 19.4 Å². The summed E-state index contributed by atoms with van der Waals surface area (Å²) in [5.41, 5.74) is 1.98. The van der Waals surface area contributed by atoms with Crippen LogP contribution in [-0.4, -0.2) is 58.8 Å². The summed E-state index contributed by atoms with van der Waals surface area (Å²) in [6, 6.07) is 19.6. The lowest BCUT2D eigenvalue weighted by Crippen LogP contribution is -2.42. The molecule has 1 aliphatic carbocycles. The number of nitrogens with zero attached hydrogens (tertiary/aromatic N) is 3. The third kappa shape index (κ3) is 7.32. The van der Waals surface area contributed by atoms with Crippen LogP contribution in [0.15, 0.2) is 66.9 Å². The smallest absolute Gasteiger partial charge is 0.272 e. The molecule has 1 aliphatic heterocycles. The van der Waals surface area contributed by atoms with E-state index in [1.165, 1.54) is 13.1 Å². The van der Waals surface area contributed by atoms with Crippen molar-refractivity contribution in [2.75, 3.05) is 13.1 Å². The number of carbonyl (C=O) groups excluding carboxylic acids is 3. The van der Waals surface area contributed by atoms with E-state index in [0.29, 0.717) is 54.1 Å². The summed E-state index contributed by atoms with van der Waals surface area (Å²) in [6.45, 7) is 2.64. The van der Waals surface area contributed by atoms with Gasteiger partial charge in [0.25, 0.3) is 11.8 Å². The molecular weight excluding hydrogens is 532 g/mol. The van der Waals surface area contributed by atoms with Crippen LogP contribution in [0.1, 0.15) is 82.2 Å². The zero-order valence-electron chi connectivity index (χ0n) is 23.6. The monoisotopic (exact) mass is 566 g/mol. The lowest BCUT2D eigenvalue weighted by Gasteiger charge is -2.32. The molecule has 0 atom stereocenters. The van der Waals surface area contributed by atoms with Crippen molar-refractivity contribution in [1.82, 2.24) is 15.2 Å². The second kappa shape index (κ2) is 13.3. The van der Waals surface area contributed by atoms with Gasteiger partial charge in [-0.25, -0.2) is 0 Å². The number of carbonyl (C=O) groups is 3. The Kier molecular flexibility index (Phi) is 9.12. The Morgan fingerprint density at radius 3 is 1.93 bits per heavy atom. The minimum absolute atomic E-state index is 0.00569. The van der Waals surface area contributed by atoms with Crippen molar-refractivity contribution < 1.29 is 23.9 Å². The molecule has 9 heteroatoms. The number of ketones is 1. The van der Waals surface area contributed by atoms with E-state index in [1.807, 2.05) is 12.1 Å². The van der Waals surface area contributed by atoms with Gasteiger partial charge < -0.3 is 19.7 Å². The number of hydrogen-bond donors (Lipinski definition) is 1. The third-order valence-corrected chi connectivity index (χ3v) is 7.83. The molecule has 0 unspecified atom stereocenters. The van der Waals surface area contributed by atoms with Gasteiger partial charge in [0.15, 0.2) is 5.78 Å². The number of nitrogens with one attached hydrogen (secondary N) is 1. The molecule has 216 valence electrons. The first-order valence-electron chi connectivity index (χ1n) is 14.4. The zero-order valence-corrected chi connectivity index (χ0v) is 23.6. The van der Waals surface area contributed by atoms with Gasteiger partial charge >= 0.3 is 0 Å². The van der Waals surface area contributed by atoms with Crippen molar-refractivity contribution in [3.8, 4) is 17.6 Å². The Balaban J connectivity index is 1.05. The first-order chi connectivity index (χ1) is 20.4. The number of rotatable bonds is 8. The van der Waals surface area contributed by atoms with E-state index in [9.17, 15) is 14.4 Å². The molecular formula is C33H34N4O5. The largest absolute Gasteiger partial charge is 0.490 e. The van der Waals surface area contributed by atoms with Crippen LogP contribution in [-0.2, 0) is 0 Å². The maximum absolute atomic E-state index is 13.0. The molecule has 0 bridgehead atoms.